The lowest BCUT2D eigenvalue weighted by molar-refractivity contribution is -0.0103. The van der Waals surface area contributed by atoms with E-state index in [0.717, 1.165) is 49.6 Å². The molecular weight excluding hydrogens is 320 g/mol. The Morgan fingerprint density at radius 1 is 1.08 bits per heavy atom. The molecule has 6 heteroatoms. The second kappa shape index (κ2) is 6.26. The van der Waals surface area contributed by atoms with E-state index in [0.29, 0.717) is 5.88 Å². The number of ether oxygens (including phenoxy) is 3. The van der Waals surface area contributed by atoms with Crippen LogP contribution in [-0.4, -0.2) is 37.9 Å². The minimum Gasteiger partial charge on any atom is -0.493 e. The van der Waals surface area contributed by atoms with Gasteiger partial charge < -0.3 is 18.7 Å². The van der Waals surface area contributed by atoms with Gasteiger partial charge in [-0.1, -0.05) is 0 Å². The average Bonchev–Trinajstić information content (AvgIpc) is 3.06. The van der Waals surface area contributed by atoms with Gasteiger partial charge in [0.15, 0.2) is 17.3 Å². The minimum absolute atomic E-state index is 0.0627. The molecule has 1 aromatic carbocycles. The van der Waals surface area contributed by atoms with E-state index in [4.69, 9.17) is 18.7 Å². The molecule has 2 heterocycles. The molecule has 2 aromatic rings. The molecule has 0 saturated heterocycles. The van der Waals surface area contributed by atoms with Gasteiger partial charge in [-0.25, -0.2) is 0 Å². The van der Waals surface area contributed by atoms with Crippen LogP contribution < -0.4 is 14.2 Å². The number of hydrogen-bond donors (Lipinski definition) is 0. The molecule has 1 spiro atoms. The van der Waals surface area contributed by atoms with Gasteiger partial charge in [0.2, 0.25) is 0 Å². The van der Waals surface area contributed by atoms with Crippen molar-refractivity contribution in [3.63, 3.8) is 0 Å². The van der Waals surface area contributed by atoms with Crippen molar-refractivity contribution in [1.29, 1.82) is 0 Å². The summed E-state index contributed by atoms with van der Waals surface area (Å²) < 4.78 is 21.6. The molecule has 0 bridgehead atoms. The van der Waals surface area contributed by atoms with Crippen LogP contribution in [0.2, 0.25) is 0 Å². The lowest BCUT2D eigenvalue weighted by Gasteiger charge is -2.54. The van der Waals surface area contributed by atoms with Crippen LogP contribution in [0.1, 0.15) is 36.1 Å². The Morgan fingerprint density at radius 3 is 2.44 bits per heavy atom. The fraction of sp³-hybridized carbons (Fsp3) is 0.526. The molecule has 1 saturated carbocycles. The van der Waals surface area contributed by atoms with Crippen molar-refractivity contribution in [1.82, 2.24) is 10.1 Å². The van der Waals surface area contributed by atoms with Gasteiger partial charge in [0, 0.05) is 18.2 Å². The SMILES string of the molecule is COc1cc(CN2CCc3cc(OC)c(OC)cc3C23CCC3)on1. The molecule has 0 atom stereocenters. The van der Waals surface area contributed by atoms with Crippen LogP contribution in [0.3, 0.4) is 0 Å². The normalized spacial score (nSPS) is 18.5. The van der Waals surface area contributed by atoms with Crippen molar-refractivity contribution in [2.45, 2.75) is 37.8 Å². The third-order valence-corrected chi connectivity index (χ3v) is 5.64. The Balaban J connectivity index is 1.68. The minimum atomic E-state index is 0.0627. The Kier molecular flexibility index (Phi) is 4.07. The van der Waals surface area contributed by atoms with Gasteiger partial charge in [0.25, 0.3) is 5.88 Å². The van der Waals surface area contributed by atoms with Gasteiger partial charge in [-0.05, 0) is 54.1 Å². The number of benzene rings is 1. The molecule has 1 fully saturated rings. The second-order valence-electron chi connectivity index (χ2n) is 6.76. The third kappa shape index (κ3) is 2.56. The largest absolute Gasteiger partial charge is 0.493 e. The first-order chi connectivity index (χ1) is 12.2. The van der Waals surface area contributed by atoms with Crippen LogP contribution in [0.4, 0.5) is 0 Å². The topological polar surface area (TPSA) is 57.0 Å². The first kappa shape index (κ1) is 16.3. The maximum Gasteiger partial charge on any atom is 0.254 e. The molecule has 1 aliphatic heterocycles. The highest BCUT2D eigenvalue weighted by Crippen LogP contribution is 2.52. The standard InChI is InChI=1S/C19H24N2O4/c1-22-16-9-13-5-8-21(12-14-10-18(24-3)20-25-14)19(6-4-7-19)15(13)11-17(16)23-2/h9-11H,4-8,12H2,1-3H3. The summed E-state index contributed by atoms with van der Waals surface area (Å²) in [5.41, 5.74) is 2.80. The maximum absolute atomic E-state index is 5.55. The van der Waals surface area contributed by atoms with Gasteiger partial charge in [-0.15, -0.1) is 0 Å². The molecule has 0 amide bonds. The summed E-state index contributed by atoms with van der Waals surface area (Å²) in [5, 5.41) is 3.93. The predicted octanol–water partition coefficient (Wildman–Crippen LogP) is 3.14. The lowest BCUT2D eigenvalue weighted by atomic mass is 9.66. The molecular formula is C19H24N2O4. The van der Waals surface area contributed by atoms with E-state index in [1.165, 1.54) is 17.5 Å². The number of rotatable bonds is 5. The van der Waals surface area contributed by atoms with Crippen LogP contribution in [-0.2, 0) is 18.5 Å². The van der Waals surface area contributed by atoms with E-state index in [1.807, 2.05) is 6.07 Å². The maximum atomic E-state index is 5.55. The van der Waals surface area contributed by atoms with E-state index >= 15 is 0 Å². The number of aromatic nitrogens is 1. The summed E-state index contributed by atoms with van der Waals surface area (Å²) in [4.78, 5) is 2.52. The summed E-state index contributed by atoms with van der Waals surface area (Å²) in [6.45, 7) is 1.73. The van der Waals surface area contributed by atoms with Crippen molar-refractivity contribution in [3.05, 3.63) is 35.1 Å². The highest BCUT2D eigenvalue weighted by Gasteiger charge is 2.47. The number of hydrogen-bond acceptors (Lipinski definition) is 6. The summed E-state index contributed by atoms with van der Waals surface area (Å²) in [6, 6.07) is 6.18. The highest BCUT2D eigenvalue weighted by molar-refractivity contribution is 5.51. The summed E-state index contributed by atoms with van der Waals surface area (Å²) in [7, 11) is 4.99. The van der Waals surface area contributed by atoms with E-state index in [-0.39, 0.29) is 5.54 Å². The van der Waals surface area contributed by atoms with E-state index in [9.17, 15) is 0 Å². The zero-order valence-corrected chi connectivity index (χ0v) is 15.0. The fourth-order valence-electron chi connectivity index (χ4n) is 4.18. The van der Waals surface area contributed by atoms with Crippen LogP contribution in [0.15, 0.2) is 22.7 Å². The molecule has 4 rings (SSSR count). The van der Waals surface area contributed by atoms with E-state index in [1.54, 1.807) is 21.3 Å². The smallest absolute Gasteiger partial charge is 0.254 e. The monoisotopic (exact) mass is 344 g/mol. The average molecular weight is 344 g/mol. The van der Waals surface area contributed by atoms with Gasteiger partial charge >= 0.3 is 0 Å². The van der Waals surface area contributed by atoms with Crippen molar-refractivity contribution in [3.8, 4) is 17.4 Å². The van der Waals surface area contributed by atoms with Crippen molar-refractivity contribution < 1.29 is 18.7 Å². The summed E-state index contributed by atoms with van der Waals surface area (Å²) >= 11 is 0. The fourth-order valence-corrected chi connectivity index (χ4v) is 4.18. The van der Waals surface area contributed by atoms with Crippen molar-refractivity contribution >= 4 is 0 Å². The number of fused-ring (bicyclic) bond motifs is 2. The predicted molar refractivity (Wildman–Crippen MR) is 92.2 cm³/mol. The van der Waals surface area contributed by atoms with Crippen LogP contribution >= 0.6 is 0 Å². The third-order valence-electron chi connectivity index (χ3n) is 5.64. The molecule has 1 aliphatic carbocycles. The van der Waals surface area contributed by atoms with E-state index in [2.05, 4.69) is 22.2 Å². The van der Waals surface area contributed by atoms with Crippen LogP contribution in [0.5, 0.6) is 17.4 Å². The highest BCUT2D eigenvalue weighted by atomic mass is 16.5. The lowest BCUT2D eigenvalue weighted by Crippen LogP contribution is -2.54. The Bertz CT molecular complexity index is 767. The molecule has 6 nitrogen and oxygen atoms in total. The van der Waals surface area contributed by atoms with Gasteiger partial charge in [-0.2, -0.15) is 0 Å². The van der Waals surface area contributed by atoms with Crippen molar-refractivity contribution in [2.75, 3.05) is 27.9 Å². The quantitative estimate of drug-likeness (QED) is 0.830. The van der Waals surface area contributed by atoms with E-state index < -0.39 is 0 Å². The summed E-state index contributed by atoms with van der Waals surface area (Å²) in [6.07, 6.45) is 4.54. The molecule has 1 aromatic heterocycles. The summed E-state index contributed by atoms with van der Waals surface area (Å²) in [5.74, 6) is 2.98. The van der Waals surface area contributed by atoms with Crippen LogP contribution in [0.25, 0.3) is 0 Å². The first-order valence-corrected chi connectivity index (χ1v) is 8.70. The first-order valence-electron chi connectivity index (χ1n) is 8.70. The number of methoxy groups -OCH3 is 3. The molecule has 0 N–H and O–H groups in total. The second-order valence-corrected chi connectivity index (χ2v) is 6.76. The Morgan fingerprint density at radius 2 is 1.84 bits per heavy atom. The van der Waals surface area contributed by atoms with Gasteiger partial charge in [-0.3, -0.25) is 4.90 Å². The number of nitrogens with zero attached hydrogens (tertiary/aromatic N) is 2. The molecule has 25 heavy (non-hydrogen) atoms. The zero-order valence-electron chi connectivity index (χ0n) is 15.0. The molecule has 0 unspecified atom stereocenters. The van der Waals surface area contributed by atoms with Gasteiger partial charge in [0.05, 0.1) is 27.9 Å². The van der Waals surface area contributed by atoms with Crippen LogP contribution in [0, 0.1) is 0 Å². The Hall–Kier alpha value is -2.21. The van der Waals surface area contributed by atoms with Crippen molar-refractivity contribution in [2.24, 2.45) is 0 Å². The Labute approximate surface area is 147 Å². The zero-order chi connectivity index (χ0) is 17.4. The molecule has 134 valence electrons. The molecule has 0 radical (unpaired) electrons. The molecule has 2 aliphatic rings. The van der Waals surface area contributed by atoms with Gasteiger partial charge in [0.1, 0.15) is 0 Å².